The zero-order chi connectivity index (χ0) is 13.1. The van der Waals surface area contributed by atoms with Crippen molar-refractivity contribution in [1.82, 2.24) is 0 Å². The second-order valence-corrected chi connectivity index (χ2v) is 4.40. The summed E-state index contributed by atoms with van der Waals surface area (Å²) >= 11 is 1.48. The van der Waals surface area contributed by atoms with Gasteiger partial charge in [0.05, 0.1) is 0 Å². The number of ether oxygens (including phenoxy) is 1. The second kappa shape index (κ2) is 5.27. The second-order valence-electron chi connectivity index (χ2n) is 3.55. The fourth-order valence-electron chi connectivity index (χ4n) is 1.47. The third kappa shape index (κ3) is 2.56. The molecule has 0 fully saturated rings. The Labute approximate surface area is 108 Å². The van der Waals surface area contributed by atoms with Crippen LogP contribution in [0.25, 0.3) is 0 Å². The molecule has 2 N–H and O–H groups in total. The van der Waals surface area contributed by atoms with Crippen LogP contribution in [0.4, 0.5) is 14.5 Å². The fourth-order valence-corrected chi connectivity index (χ4v) is 1.99. The van der Waals surface area contributed by atoms with Gasteiger partial charge in [-0.05, 0) is 18.4 Å². The lowest BCUT2D eigenvalue weighted by Gasteiger charge is -2.11. The van der Waals surface area contributed by atoms with Gasteiger partial charge in [0.25, 0.3) is 0 Å². The molecular formula is C13H11F2NOS. The molecule has 0 atom stereocenters. The van der Waals surface area contributed by atoms with Crippen molar-refractivity contribution in [1.29, 1.82) is 0 Å². The van der Waals surface area contributed by atoms with E-state index in [0.29, 0.717) is 5.75 Å². The van der Waals surface area contributed by atoms with Crippen molar-refractivity contribution in [3.8, 4) is 11.5 Å². The minimum Gasteiger partial charge on any atom is -0.454 e. The summed E-state index contributed by atoms with van der Waals surface area (Å²) in [6.45, 7) is 0. The zero-order valence-electron chi connectivity index (χ0n) is 9.61. The summed E-state index contributed by atoms with van der Waals surface area (Å²) in [4.78, 5) is 0.863. The van der Waals surface area contributed by atoms with E-state index in [1.54, 1.807) is 12.1 Å². The van der Waals surface area contributed by atoms with Crippen LogP contribution in [-0.2, 0) is 0 Å². The van der Waals surface area contributed by atoms with Crippen LogP contribution in [0, 0.1) is 11.6 Å². The molecule has 2 aromatic carbocycles. The molecule has 2 aromatic rings. The molecule has 0 aliphatic carbocycles. The summed E-state index contributed by atoms with van der Waals surface area (Å²) < 4.78 is 31.9. The van der Waals surface area contributed by atoms with Crippen LogP contribution in [0.5, 0.6) is 11.5 Å². The van der Waals surface area contributed by atoms with Crippen LogP contribution in [0.15, 0.2) is 41.3 Å². The van der Waals surface area contributed by atoms with Crippen LogP contribution < -0.4 is 10.5 Å². The molecule has 0 amide bonds. The number of thioether (sulfide) groups is 1. The first-order valence-corrected chi connectivity index (χ1v) is 6.39. The van der Waals surface area contributed by atoms with Gasteiger partial charge in [0.2, 0.25) is 0 Å². The summed E-state index contributed by atoms with van der Waals surface area (Å²) in [5, 5.41) is 0. The summed E-state index contributed by atoms with van der Waals surface area (Å²) in [5.74, 6) is -1.05. The van der Waals surface area contributed by atoms with Gasteiger partial charge in [-0.2, -0.15) is 0 Å². The first-order valence-electron chi connectivity index (χ1n) is 5.17. The maximum atomic E-state index is 13.3. The average Bonchev–Trinajstić information content (AvgIpc) is 2.36. The SMILES string of the molecule is CSc1ccccc1Oc1cc(F)cc(F)c1N. The standard InChI is InChI=1S/C13H11F2NOS/c1-18-12-5-3-2-4-10(12)17-11-7-8(14)6-9(15)13(11)16/h2-7H,16H2,1H3. The Balaban J connectivity index is 2.40. The quantitative estimate of drug-likeness (QED) is 0.672. The third-order valence-electron chi connectivity index (χ3n) is 2.35. The molecule has 0 aliphatic rings. The predicted octanol–water partition coefficient (Wildman–Crippen LogP) is 4.06. The Kier molecular flexibility index (Phi) is 3.72. The Morgan fingerprint density at radius 1 is 1.11 bits per heavy atom. The summed E-state index contributed by atoms with van der Waals surface area (Å²) in [6, 6.07) is 8.99. The van der Waals surface area contributed by atoms with E-state index in [2.05, 4.69) is 0 Å². The molecule has 2 rings (SSSR count). The monoisotopic (exact) mass is 267 g/mol. The van der Waals surface area contributed by atoms with Crippen LogP contribution in [0.3, 0.4) is 0 Å². The third-order valence-corrected chi connectivity index (χ3v) is 3.12. The first-order chi connectivity index (χ1) is 8.61. The highest BCUT2D eigenvalue weighted by Gasteiger charge is 2.11. The summed E-state index contributed by atoms with van der Waals surface area (Å²) in [5.41, 5.74) is 5.32. The highest BCUT2D eigenvalue weighted by Crippen LogP contribution is 2.35. The minimum absolute atomic E-state index is 0.0194. The number of para-hydroxylation sites is 1. The van der Waals surface area contributed by atoms with Crippen molar-refractivity contribution >= 4 is 17.4 Å². The van der Waals surface area contributed by atoms with Gasteiger partial charge < -0.3 is 10.5 Å². The predicted molar refractivity (Wildman–Crippen MR) is 69.1 cm³/mol. The molecule has 0 radical (unpaired) electrons. The summed E-state index contributed by atoms with van der Waals surface area (Å²) in [6.07, 6.45) is 1.89. The van der Waals surface area contributed by atoms with E-state index >= 15 is 0 Å². The van der Waals surface area contributed by atoms with Crippen molar-refractivity contribution < 1.29 is 13.5 Å². The molecular weight excluding hydrogens is 256 g/mol. The van der Waals surface area contributed by atoms with Gasteiger partial charge in [-0.1, -0.05) is 12.1 Å². The summed E-state index contributed by atoms with van der Waals surface area (Å²) in [7, 11) is 0. The topological polar surface area (TPSA) is 35.2 Å². The van der Waals surface area contributed by atoms with Gasteiger partial charge in [-0.3, -0.25) is 0 Å². The molecule has 0 saturated carbocycles. The maximum absolute atomic E-state index is 13.3. The van der Waals surface area contributed by atoms with Crippen molar-refractivity contribution in [2.45, 2.75) is 4.90 Å². The molecule has 0 aromatic heterocycles. The van der Waals surface area contributed by atoms with Gasteiger partial charge in [-0.25, -0.2) is 8.78 Å². The number of nitrogen functional groups attached to an aromatic ring is 1. The molecule has 18 heavy (non-hydrogen) atoms. The molecule has 0 unspecified atom stereocenters. The number of hydrogen-bond donors (Lipinski definition) is 1. The van der Waals surface area contributed by atoms with E-state index < -0.39 is 11.6 Å². The number of rotatable bonds is 3. The first kappa shape index (κ1) is 12.7. The smallest absolute Gasteiger partial charge is 0.156 e. The van der Waals surface area contributed by atoms with Gasteiger partial charge >= 0.3 is 0 Å². The lowest BCUT2D eigenvalue weighted by Crippen LogP contribution is -1.97. The normalized spacial score (nSPS) is 10.4. The van der Waals surface area contributed by atoms with E-state index in [0.717, 1.165) is 17.0 Å². The maximum Gasteiger partial charge on any atom is 0.156 e. The van der Waals surface area contributed by atoms with Crippen LogP contribution in [-0.4, -0.2) is 6.26 Å². The molecule has 94 valence electrons. The van der Waals surface area contributed by atoms with Gasteiger partial charge in [-0.15, -0.1) is 11.8 Å². The number of nitrogens with two attached hydrogens (primary N) is 1. The number of benzene rings is 2. The van der Waals surface area contributed by atoms with Gasteiger partial charge in [0.15, 0.2) is 11.6 Å². The van der Waals surface area contributed by atoms with Crippen molar-refractivity contribution in [2.24, 2.45) is 0 Å². The van der Waals surface area contributed by atoms with E-state index in [4.69, 9.17) is 10.5 Å². The molecule has 0 aliphatic heterocycles. The molecule has 0 spiro atoms. The van der Waals surface area contributed by atoms with Crippen molar-refractivity contribution in [2.75, 3.05) is 12.0 Å². The van der Waals surface area contributed by atoms with E-state index in [9.17, 15) is 8.78 Å². The van der Waals surface area contributed by atoms with Crippen LogP contribution >= 0.6 is 11.8 Å². The Bertz CT molecular complexity index is 575. The lowest BCUT2D eigenvalue weighted by atomic mass is 10.2. The van der Waals surface area contributed by atoms with Crippen LogP contribution in [0.2, 0.25) is 0 Å². The fraction of sp³-hybridized carbons (Fsp3) is 0.0769. The Morgan fingerprint density at radius 3 is 2.56 bits per heavy atom. The number of anilines is 1. The molecule has 0 saturated heterocycles. The van der Waals surface area contributed by atoms with E-state index in [1.165, 1.54) is 11.8 Å². The number of hydrogen-bond acceptors (Lipinski definition) is 3. The highest BCUT2D eigenvalue weighted by atomic mass is 32.2. The number of halogens is 2. The van der Waals surface area contributed by atoms with Gasteiger partial charge in [0.1, 0.15) is 17.3 Å². The molecule has 5 heteroatoms. The highest BCUT2D eigenvalue weighted by molar-refractivity contribution is 7.98. The van der Waals surface area contributed by atoms with Crippen LogP contribution in [0.1, 0.15) is 0 Å². The lowest BCUT2D eigenvalue weighted by molar-refractivity contribution is 0.462. The Hall–Kier alpha value is -1.75. The van der Waals surface area contributed by atoms with Gasteiger partial charge in [0, 0.05) is 17.0 Å². The molecule has 0 bridgehead atoms. The zero-order valence-corrected chi connectivity index (χ0v) is 10.4. The van der Waals surface area contributed by atoms with Crippen molar-refractivity contribution in [3.05, 3.63) is 48.0 Å². The van der Waals surface area contributed by atoms with E-state index in [-0.39, 0.29) is 11.4 Å². The largest absolute Gasteiger partial charge is 0.454 e. The van der Waals surface area contributed by atoms with E-state index in [1.807, 2.05) is 18.4 Å². The van der Waals surface area contributed by atoms with Crippen molar-refractivity contribution in [3.63, 3.8) is 0 Å². The molecule has 2 nitrogen and oxygen atoms in total. The molecule has 0 heterocycles. The Morgan fingerprint density at radius 2 is 1.83 bits per heavy atom. The minimum atomic E-state index is -0.827. The average molecular weight is 267 g/mol.